The molecule has 0 aromatic heterocycles. The van der Waals surface area contributed by atoms with E-state index in [0.717, 1.165) is 11.1 Å². The van der Waals surface area contributed by atoms with Gasteiger partial charge in [0, 0.05) is 12.1 Å². The standard InChI is InChI=1S/C22H28FN3O4/c1-14-6-16(9-17(23)7-14)11-24-13-26-22(27)21(30-5)12-25-18-10-20(29-4)19(28-3)8-15(18)2/h6-10,12-13,15,18,25H,11H2,1-5H3,(H,24,26,27)/b21-12+. The number of nitrogens with zero attached hydrogens (tertiary/aromatic N) is 1. The van der Waals surface area contributed by atoms with Crippen LogP contribution in [0.4, 0.5) is 4.39 Å². The van der Waals surface area contributed by atoms with Crippen molar-refractivity contribution in [2.24, 2.45) is 10.9 Å². The Hall–Kier alpha value is -3.29. The van der Waals surface area contributed by atoms with Crippen molar-refractivity contribution in [2.45, 2.75) is 26.4 Å². The van der Waals surface area contributed by atoms with Gasteiger partial charge in [0.15, 0.2) is 17.3 Å². The van der Waals surface area contributed by atoms with E-state index >= 15 is 0 Å². The number of methoxy groups -OCH3 is 3. The van der Waals surface area contributed by atoms with Gasteiger partial charge in [-0.15, -0.1) is 0 Å². The van der Waals surface area contributed by atoms with Crippen molar-refractivity contribution in [2.75, 3.05) is 21.3 Å². The van der Waals surface area contributed by atoms with Gasteiger partial charge in [-0.2, -0.15) is 0 Å². The molecule has 0 fully saturated rings. The van der Waals surface area contributed by atoms with Crippen LogP contribution in [0.3, 0.4) is 0 Å². The summed E-state index contributed by atoms with van der Waals surface area (Å²) in [6.07, 6.45) is 6.59. The van der Waals surface area contributed by atoms with Crippen molar-refractivity contribution in [3.8, 4) is 0 Å². The number of aliphatic imine (C=N–C) groups is 1. The molecular formula is C22H28FN3O4. The topological polar surface area (TPSA) is 81.2 Å². The minimum atomic E-state index is -0.461. The lowest BCUT2D eigenvalue weighted by atomic mass is 9.95. The molecule has 0 radical (unpaired) electrons. The highest BCUT2D eigenvalue weighted by molar-refractivity contribution is 5.98. The Balaban J connectivity index is 1.94. The fourth-order valence-electron chi connectivity index (χ4n) is 2.98. The predicted octanol–water partition coefficient (Wildman–Crippen LogP) is 2.93. The molecule has 2 atom stereocenters. The summed E-state index contributed by atoms with van der Waals surface area (Å²) in [6, 6.07) is 4.58. The van der Waals surface area contributed by atoms with Crippen LogP contribution in [-0.2, 0) is 25.5 Å². The van der Waals surface area contributed by atoms with E-state index in [9.17, 15) is 9.18 Å². The molecule has 0 saturated carbocycles. The summed E-state index contributed by atoms with van der Waals surface area (Å²) in [5, 5.41) is 5.69. The van der Waals surface area contributed by atoms with E-state index in [1.165, 1.54) is 31.8 Å². The quantitative estimate of drug-likeness (QED) is 0.279. The molecule has 1 aliphatic rings. The average molecular weight is 417 g/mol. The maximum Gasteiger partial charge on any atom is 0.292 e. The Labute approximate surface area is 176 Å². The van der Waals surface area contributed by atoms with Crippen molar-refractivity contribution in [3.63, 3.8) is 0 Å². The van der Waals surface area contributed by atoms with Gasteiger partial charge in [0.2, 0.25) is 0 Å². The minimum Gasteiger partial charge on any atom is -0.493 e. The van der Waals surface area contributed by atoms with Crippen LogP contribution < -0.4 is 10.6 Å². The summed E-state index contributed by atoms with van der Waals surface area (Å²) < 4.78 is 29.2. The molecule has 30 heavy (non-hydrogen) atoms. The molecular weight excluding hydrogens is 389 g/mol. The minimum absolute atomic E-state index is 0.0872. The second-order valence-corrected chi connectivity index (χ2v) is 6.81. The van der Waals surface area contributed by atoms with Crippen LogP contribution in [0, 0.1) is 18.7 Å². The first kappa shape index (κ1) is 23.0. The number of amides is 1. The molecule has 2 N–H and O–H groups in total. The van der Waals surface area contributed by atoms with E-state index in [1.807, 2.05) is 32.1 Å². The highest BCUT2D eigenvalue weighted by Gasteiger charge is 2.23. The first-order valence-electron chi connectivity index (χ1n) is 9.45. The number of ether oxygens (including phenoxy) is 3. The zero-order valence-corrected chi connectivity index (χ0v) is 17.9. The third-order valence-corrected chi connectivity index (χ3v) is 4.51. The molecule has 0 heterocycles. The summed E-state index contributed by atoms with van der Waals surface area (Å²) in [4.78, 5) is 16.4. The van der Waals surface area contributed by atoms with Crippen LogP contribution in [-0.4, -0.2) is 39.6 Å². The van der Waals surface area contributed by atoms with Crippen molar-refractivity contribution >= 4 is 12.2 Å². The average Bonchev–Trinajstić information content (AvgIpc) is 2.71. The van der Waals surface area contributed by atoms with Crippen LogP contribution in [0.15, 0.2) is 58.8 Å². The number of hydrogen-bond acceptors (Lipinski definition) is 6. The third-order valence-electron chi connectivity index (χ3n) is 4.51. The van der Waals surface area contributed by atoms with Crippen LogP contribution in [0.25, 0.3) is 0 Å². The second-order valence-electron chi connectivity index (χ2n) is 6.81. The largest absolute Gasteiger partial charge is 0.493 e. The molecule has 1 aromatic carbocycles. The first-order chi connectivity index (χ1) is 14.4. The van der Waals surface area contributed by atoms with E-state index in [4.69, 9.17) is 14.2 Å². The van der Waals surface area contributed by atoms with Gasteiger partial charge in [0.25, 0.3) is 5.91 Å². The number of nitrogens with one attached hydrogen (secondary N) is 2. The fourth-order valence-corrected chi connectivity index (χ4v) is 2.98. The predicted molar refractivity (Wildman–Crippen MR) is 113 cm³/mol. The van der Waals surface area contributed by atoms with Gasteiger partial charge < -0.3 is 24.8 Å². The summed E-state index contributed by atoms with van der Waals surface area (Å²) >= 11 is 0. The number of hydrogen-bond donors (Lipinski definition) is 2. The highest BCUT2D eigenvalue weighted by Crippen LogP contribution is 2.24. The van der Waals surface area contributed by atoms with Crippen LogP contribution >= 0.6 is 0 Å². The number of benzene rings is 1. The van der Waals surface area contributed by atoms with Gasteiger partial charge in [-0.05, 0) is 42.3 Å². The van der Waals surface area contributed by atoms with E-state index in [0.29, 0.717) is 11.5 Å². The van der Waals surface area contributed by atoms with Gasteiger partial charge >= 0.3 is 0 Å². The van der Waals surface area contributed by atoms with Gasteiger partial charge in [0.1, 0.15) is 5.82 Å². The molecule has 0 bridgehead atoms. The molecule has 1 aromatic rings. The lowest BCUT2D eigenvalue weighted by molar-refractivity contribution is -0.119. The van der Waals surface area contributed by atoms with Gasteiger partial charge in [-0.1, -0.05) is 13.0 Å². The second kappa shape index (κ2) is 11.0. The fraction of sp³-hybridized carbons (Fsp3) is 0.364. The molecule has 2 unspecified atom stereocenters. The Morgan fingerprint density at radius 2 is 1.87 bits per heavy atom. The first-order valence-corrected chi connectivity index (χ1v) is 9.45. The maximum atomic E-state index is 13.4. The van der Waals surface area contributed by atoms with Crippen LogP contribution in [0.5, 0.6) is 0 Å². The Morgan fingerprint density at radius 1 is 1.17 bits per heavy atom. The highest BCUT2D eigenvalue weighted by atomic mass is 19.1. The van der Waals surface area contributed by atoms with Gasteiger partial charge in [-0.25, -0.2) is 4.39 Å². The van der Waals surface area contributed by atoms with E-state index < -0.39 is 5.91 Å². The van der Waals surface area contributed by atoms with Gasteiger partial charge in [0.05, 0.1) is 40.3 Å². The zero-order chi connectivity index (χ0) is 22.1. The molecule has 0 aliphatic heterocycles. The monoisotopic (exact) mass is 417 g/mol. The number of aryl methyl sites for hydroxylation is 1. The SMILES string of the molecule is COC1=CC(C)C(N/C=C(/OC)C(=O)NC=NCc2cc(C)cc(F)c2)C=C1OC. The molecule has 1 aliphatic carbocycles. The lowest BCUT2D eigenvalue weighted by Gasteiger charge is -2.26. The number of carbonyl (C=O) groups excluding carboxylic acids is 1. The zero-order valence-electron chi connectivity index (χ0n) is 17.9. The normalized spacial score (nSPS) is 19.1. The van der Waals surface area contributed by atoms with Crippen LogP contribution in [0.2, 0.25) is 0 Å². The Morgan fingerprint density at radius 3 is 2.50 bits per heavy atom. The molecule has 0 saturated heterocycles. The summed E-state index contributed by atoms with van der Waals surface area (Å²) in [5.41, 5.74) is 1.53. The number of halogens is 1. The molecule has 7 nitrogen and oxygen atoms in total. The number of rotatable bonds is 9. The Bertz CT molecular complexity index is 857. The molecule has 0 spiro atoms. The van der Waals surface area contributed by atoms with Crippen molar-refractivity contribution in [1.82, 2.24) is 10.6 Å². The molecule has 162 valence electrons. The van der Waals surface area contributed by atoms with Gasteiger partial charge in [-0.3, -0.25) is 9.79 Å². The maximum absolute atomic E-state index is 13.4. The van der Waals surface area contributed by atoms with Crippen LogP contribution in [0.1, 0.15) is 18.1 Å². The summed E-state index contributed by atoms with van der Waals surface area (Å²) in [5.74, 6) is 0.703. The molecule has 2 rings (SSSR count). The molecule has 1 amide bonds. The van der Waals surface area contributed by atoms with E-state index in [1.54, 1.807) is 14.2 Å². The van der Waals surface area contributed by atoms with E-state index in [-0.39, 0.29) is 30.1 Å². The third kappa shape index (κ3) is 6.37. The number of carbonyl (C=O) groups is 1. The van der Waals surface area contributed by atoms with Crippen molar-refractivity contribution in [3.05, 3.63) is 70.8 Å². The lowest BCUT2D eigenvalue weighted by Crippen LogP contribution is -2.33. The molecule has 8 heteroatoms. The van der Waals surface area contributed by atoms with Crippen molar-refractivity contribution in [1.29, 1.82) is 0 Å². The summed E-state index contributed by atoms with van der Waals surface area (Å²) in [6.45, 7) is 4.08. The smallest absolute Gasteiger partial charge is 0.292 e. The Kier molecular flexibility index (Phi) is 8.46. The van der Waals surface area contributed by atoms with Crippen molar-refractivity contribution < 1.29 is 23.4 Å². The van der Waals surface area contributed by atoms with E-state index in [2.05, 4.69) is 15.6 Å². The summed E-state index contributed by atoms with van der Waals surface area (Å²) in [7, 11) is 4.56.